The third-order valence-electron chi connectivity index (χ3n) is 3.86. The summed E-state index contributed by atoms with van der Waals surface area (Å²) in [5.74, 6) is 0.858. The normalized spacial score (nSPS) is 22.2. The number of carbonyl (C=O) groups excluding carboxylic acids is 1. The van der Waals surface area contributed by atoms with Crippen LogP contribution in [0.3, 0.4) is 0 Å². The molecule has 3 rings (SSSR count). The molecule has 3 N–H and O–H groups in total. The highest BCUT2D eigenvalue weighted by atomic mass is 32.1. The smallest absolute Gasteiger partial charge is 0.233 e. The van der Waals surface area contributed by atoms with Gasteiger partial charge in [0.05, 0.1) is 16.9 Å². The summed E-state index contributed by atoms with van der Waals surface area (Å²) in [5.41, 5.74) is 6.24. The molecule has 1 saturated carbocycles. The van der Waals surface area contributed by atoms with Crippen LogP contribution in [0.25, 0.3) is 0 Å². The predicted molar refractivity (Wildman–Crippen MR) is 76.0 cm³/mol. The molecule has 1 aromatic rings. The number of fused-ring (bicyclic) bond motifs is 1. The van der Waals surface area contributed by atoms with E-state index in [1.807, 2.05) is 18.2 Å². The average Bonchev–Trinajstić information content (AvgIpc) is 3.11. The standard InChI is InChI=1S/C14H16N2O2S/c15-12(19)14(5-6-14)13(17)16-8-10-7-9-3-1-2-4-11(9)18-10/h1-4,10H,5-8H2,(H2,15,19)(H,16,17). The van der Waals surface area contributed by atoms with Crippen molar-refractivity contribution in [1.29, 1.82) is 0 Å². The van der Waals surface area contributed by atoms with Gasteiger partial charge in [0.25, 0.3) is 0 Å². The number of nitrogens with two attached hydrogens (primary N) is 1. The summed E-state index contributed by atoms with van der Waals surface area (Å²) in [6.07, 6.45) is 2.36. The Morgan fingerprint density at radius 3 is 2.84 bits per heavy atom. The Balaban J connectivity index is 1.55. The number of thiocarbonyl (C=S) groups is 1. The van der Waals surface area contributed by atoms with E-state index in [1.165, 1.54) is 5.56 Å². The minimum atomic E-state index is -0.583. The number of para-hydroxylation sites is 1. The summed E-state index contributed by atoms with van der Waals surface area (Å²) in [6.45, 7) is 0.498. The first-order valence-corrected chi connectivity index (χ1v) is 6.85. The second-order valence-electron chi connectivity index (χ2n) is 5.21. The molecule has 0 saturated heterocycles. The Kier molecular flexibility index (Phi) is 2.93. The van der Waals surface area contributed by atoms with Crippen LogP contribution in [0.2, 0.25) is 0 Å². The van der Waals surface area contributed by atoms with Crippen LogP contribution in [-0.2, 0) is 11.2 Å². The molecule has 1 unspecified atom stereocenters. The minimum absolute atomic E-state index is 0.00324. The zero-order valence-electron chi connectivity index (χ0n) is 10.5. The first-order valence-electron chi connectivity index (χ1n) is 6.44. The Labute approximate surface area is 117 Å². The molecule has 0 radical (unpaired) electrons. The van der Waals surface area contributed by atoms with Crippen LogP contribution in [0.15, 0.2) is 24.3 Å². The van der Waals surface area contributed by atoms with Crippen LogP contribution >= 0.6 is 12.2 Å². The minimum Gasteiger partial charge on any atom is -0.488 e. The lowest BCUT2D eigenvalue weighted by atomic mass is 10.1. The van der Waals surface area contributed by atoms with Crippen LogP contribution in [0.4, 0.5) is 0 Å². The van der Waals surface area contributed by atoms with E-state index < -0.39 is 5.41 Å². The predicted octanol–water partition coefficient (Wildman–Crippen LogP) is 1.17. The molecule has 1 aromatic carbocycles. The van der Waals surface area contributed by atoms with Crippen molar-refractivity contribution in [2.75, 3.05) is 6.54 Å². The van der Waals surface area contributed by atoms with E-state index >= 15 is 0 Å². The average molecular weight is 276 g/mol. The van der Waals surface area contributed by atoms with Crippen molar-refractivity contribution in [3.8, 4) is 5.75 Å². The molecule has 0 spiro atoms. The van der Waals surface area contributed by atoms with Gasteiger partial charge in [-0.2, -0.15) is 0 Å². The lowest BCUT2D eigenvalue weighted by molar-refractivity contribution is -0.124. The number of hydrogen-bond acceptors (Lipinski definition) is 3. The maximum atomic E-state index is 12.1. The SMILES string of the molecule is NC(=S)C1(C(=O)NCC2Cc3ccccc3O2)CC1. The molecule has 2 aliphatic rings. The van der Waals surface area contributed by atoms with E-state index in [0.29, 0.717) is 11.5 Å². The van der Waals surface area contributed by atoms with Crippen LogP contribution < -0.4 is 15.8 Å². The van der Waals surface area contributed by atoms with Crippen LogP contribution in [-0.4, -0.2) is 23.5 Å². The van der Waals surface area contributed by atoms with Gasteiger partial charge in [-0.3, -0.25) is 4.79 Å². The molecule has 1 fully saturated rings. The quantitative estimate of drug-likeness (QED) is 0.810. The fraction of sp³-hybridized carbons (Fsp3) is 0.429. The number of amides is 1. The lowest BCUT2D eigenvalue weighted by Crippen LogP contribution is -2.43. The van der Waals surface area contributed by atoms with Gasteiger partial charge in [-0.25, -0.2) is 0 Å². The van der Waals surface area contributed by atoms with Crippen LogP contribution in [0, 0.1) is 5.41 Å². The van der Waals surface area contributed by atoms with E-state index in [-0.39, 0.29) is 12.0 Å². The first kappa shape index (κ1) is 12.4. The molecule has 19 heavy (non-hydrogen) atoms. The van der Waals surface area contributed by atoms with Gasteiger partial charge in [0.2, 0.25) is 5.91 Å². The summed E-state index contributed by atoms with van der Waals surface area (Å²) in [5, 5.41) is 2.91. The molecule has 0 bridgehead atoms. The Bertz CT molecular complexity index is 515. The molecule has 1 heterocycles. The lowest BCUT2D eigenvalue weighted by Gasteiger charge is -2.16. The molecular formula is C14H16N2O2S. The van der Waals surface area contributed by atoms with Gasteiger partial charge in [-0.15, -0.1) is 0 Å². The molecule has 4 nitrogen and oxygen atoms in total. The monoisotopic (exact) mass is 276 g/mol. The van der Waals surface area contributed by atoms with Crippen molar-refractivity contribution in [2.24, 2.45) is 11.1 Å². The second kappa shape index (κ2) is 4.49. The number of hydrogen-bond donors (Lipinski definition) is 2. The van der Waals surface area contributed by atoms with Gasteiger partial charge < -0.3 is 15.8 Å². The summed E-state index contributed by atoms with van der Waals surface area (Å²) in [4.78, 5) is 12.4. The maximum absolute atomic E-state index is 12.1. The van der Waals surface area contributed by atoms with Crippen molar-refractivity contribution in [2.45, 2.75) is 25.4 Å². The van der Waals surface area contributed by atoms with Gasteiger partial charge in [-0.1, -0.05) is 30.4 Å². The van der Waals surface area contributed by atoms with Crippen LogP contribution in [0.1, 0.15) is 18.4 Å². The van der Waals surface area contributed by atoms with Crippen LogP contribution in [0.5, 0.6) is 5.75 Å². The van der Waals surface area contributed by atoms with E-state index in [1.54, 1.807) is 0 Å². The third-order valence-corrected chi connectivity index (χ3v) is 4.25. The number of benzene rings is 1. The summed E-state index contributed by atoms with van der Waals surface area (Å²) < 4.78 is 5.77. The van der Waals surface area contributed by atoms with Gasteiger partial charge in [0.15, 0.2) is 0 Å². The highest BCUT2D eigenvalue weighted by Gasteiger charge is 2.52. The van der Waals surface area contributed by atoms with Gasteiger partial charge in [-0.05, 0) is 24.5 Å². The molecule has 1 aliphatic heterocycles. The summed E-state index contributed by atoms with van der Waals surface area (Å²) in [6, 6.07) is 7.95. The number of carbonyl (C=O) groups is 1. The topological polar surface area (TPSA) is 64.4 Å². The van der Waals surface area contributed by atoms with E-state index in [9.17, 15) is 4.79 Å². The summed E-state index contributed by atoms with van der Waals surface area (Å²) >= 11 is 4.96. The first-order chi connectivity index (χ1) is 9.12. The van der Waals surface area contributed by atoms with Crippen molar-refractivity contribution < 1.29 is 9.53 Å². The van der Waals surface area contributed by atoms with Gasteiger partial charge in [0.1, 0.15) is 11.9 Å². The summed E-state index contributed by atoms with van der Waals surface area (Å²) in [7, 11) is 0. The van der Waals surface area contributed by atoms with Crippen molar-refractivity contribution >= 4 is 23.1 Å². The Morgan fingerprint density at radius 2 is 2.21 bits per heavy atom. The largest absolute Gasteiger partial charge is 0.488 e. The molecule has 5 heteroatoms. The maximum Gasteiger partial charge on any atom is 0.233 e. The van der Waals surface area contributed by atoms with E-state index in [2.05, 4.69) is 11.4 Å². The third kappa shape index (κ3) is 2.18. The zero-order valence-corrected chi connectivity index (χ0v) is 11.3. The molecule has 1 aliphatic carbocycles. The number of rotatable bonds is 4. The number of nitrogens with one attached hydrogen (secondary N) is 1. The Morgan fingerprint density at radius 1 is 1.47 bits per heavy atom. The second-order valence-corrected chi connectivity index (χ2v) is 5.65. The molecule has 0 aromatic heterocycles. The fourth-order valence-electron chi connectivity index (χ4n) is 2.45. The Hall–Kier alpha value is -1.62. The zero-order chi connectivity index (χ0) is 13.5. The molecule has 1 amide bonds. The fourth-order valence-corrected chi connectivity index (χ4v) is 2.75. The van der Waals surface area contributed by atoms with Crippen molar-refractivity contribution in [3.05, 3.63) is 29.8 Å². The van der Waals surface area contributed by atoms with Gasteiger partial charge >= 0.3 is 0 Å². The molecule has 100 valence electrons. The molecular weight excluding hydrogens is 260 g/mol. The highest BCUT2D eigenvalue weighted by molar-refractivity contribution is 7.80. The van der Waals surface area contributed by atoms with Crippen molar-refractivity contribution in [3.63, 3.8) is 0 Å². The van der Waals surface area contributed by atoms with Crippen molar-refractivity contribution in [1.82, 2.24) is 5.32 Å². The highest BCUT2D eigenvalue weighted by Crippen LogP contribution is 2.46. The van der Waals surface area contributed by atoms with E-state index in [0.717, 1.165) is 25.0 Å². The van der Waals surface area contributed by atoms with E-state index in [4.69, 9.17) is 22.7 Å². The van der Waals surface area contributed by atoms with Gasteiger partial charge in [0, 0.05) is 6.42 Å². The number of ether oxygens (including phenoxy) is 1. The molecule has 1 atom stereocenters.